The molecule has 8 saturated carbocycles. The number of hydrogen-bond acceptors (Lipinski definition) is 6. The maximum Gasteiger partial charge on any atom is 0.305 e. The highest BCUT2D eigenvalue weighted by atomic mass is 16.5. The Balaban J connectivity index is 0.882. The molecule has 0 aromatic carbocycles. The van der Waals surface area contributed by atoms with Crippen LogP contribution in [0.4, 0.5) is 0 Å². The normalized spacial score (nSPS) is 53.4. The van der Waals surface area contributed by atoms with Gasteiger partial charge in [0.1, 0.15) is 0 Å². The number of rotatable bonds is 0. The van der Waals surface area contributed by atoms with E-state index < -0.39 is 0 Å². The van der Waals surface area contributed by atoms with Gasteiger partial charge in [-0.25, -0.2) is 0 Å². The van der Waals surface area contributed by atoms with Crippen LogP contribution in [0.3, 0.4) is 0 Å². The molecule has 20 atom stereocenters. The van der Waals surface area contributed by atoms with Crippen LogP contribution in [-0.2, 0) is 19.1 Å². The molecule has 8 nitrogen and oxygen atoms in total. The highest BCUT2D eigenvalue weighted by Crippen LogP contribution is 2.70. The first-order chi connectivity index (χ1) is 29.0. The van der Waals surface area contributed by atoms with Gasteiger partial charge in [-0.2, -0.15) is 0 Å². The van der Waals surface area contributed by atoms with E-state index in [9.17, 15) is 24.6 Å². The highest BCUT2D eigenvalue weighted by molar-refractivity contribution is 5.79. The Kier molecular flexibility index (Phi) is 12.4. The Bertz CT molecular complexity index is 1640. The molecular formula is C53H86N2O6. The van der Waals surface area contributed by atoms with E-state index >= 15 is 0 Å². The summed E-state index contributed by atoms with van der Waals surface area (Å²) in [5, 5.41) is 30.8. The van der Waals surface area contributed by atoms with Gasteiger partial charge in [0.2, 0.25) is 11.8 Å². The van der Waals surface area contributed by atoms with Crippen LogP contribution in [0.1, 0.15) is 189 Å². The smallest absolute Gasteiger partial charge is 0.305 e. The summed E-state index contributed by atoms with van der Waals surface area (Å²) in [5.41, 5.74) is 0.852. The molecule has 8 heteroatoms. The summed E-state index contributed by atoms with van der Waals surface area (Å²) >= 11 is 0. The maximum atomic E-state index is 13.3. The van der Waals surface area contributed by atoms with Gasteiger partial charge in [0.05, 0.1) is 18.8 Å². The van der Waals surface area contributed by atoms with Crippen molar-refractivity contribution in [2.75, 3.05) is 6.61 Å². The molecule has 344 valence electrons. The lowest BCUT2D eigenvalue weighted by Gasteiger charge is -2.62. The predicted molar refractivity (Wildman–Crippen MR) is 239 cm³/mol. The van der Waals surface area contributed by atoms with Gasteiger partial charge in [-0.1, -0.05) is 41.5 Å². The van der Waals surface area contributed by atoms with Crippen LogP contribution < -0.4 is 10.6 Å². The van der Waals surface area contributed by atoms with Crippen LogP contribution in [0, 0.1) is 92.7 Å². The molecule has 3 heterocycles. The number of amides is 2. The molecular weight excluding hydrogens is 761 g/mol. The summed E-state index contributed by atoms with van der Waals surface area (Å²) in [7, 11) is 0. The molecule has 0 aromatic rings. The number of aliphatic hydroxyl groups excluding tert-OH is 2. The predicted octanol–water partition coefficient (Wildman–Crippen LogP) is 9.78. The van der Waals surface area contributed by atoms with Crippen LogP contribution >= 0.6 is 0 Å². The molecule has 0 radical (unpaired) electrons. The molecule has 13 bridgehead atoms. The molecule has 0 spiro atoms. The van der Waals surface area contributed by atoms with E-state index in [4.69, 9.17) is 4.74 Å². The van der Waals surface area contributed by atoms with Gasteiger partial charge in [-0.3, -0.25) is 14.4 Å². The fourth-order valence-electron chi connectivity index (χ4n) is 19.1. The van der Waals surface area contributed by atoms with E-state index in [1.54, 1.807) is 0 Å². The SMILES string of the molecule is C[C@@H]1CCC(=O)OCCC[C@H](C)[C@@H]2CC[C@@H]3C4[C@H](O)CC5C[C@@H](CC[C@@]5(C)[C@@H]4CC[C@]32C)NC(=O)CCCC(=O)N[C@H]2CC[C@@]3(C)C(C2)C[C@H](O)C2[C@@H]4CC[C@H]1[C@@]4(C)CC[C@@H]23. The Morgan fingerprint density at radius 1 is 0.492 bits per heavy atom. The summed E-state index contributed by atoms with van der Waals surface area (Å²) in [6.45, 7) is 15.5. The van der Waals surface area contributed by atoms with Crippen molar-refractivity contribution in [2.24, 2.45) is 92.7 Å². The van der Waals surface area contributed by atoms with Crippen molar-refractivity contribution in [1.29, 1.82) is 0 Å². The fourth-order valence-corrected chi connectivity index (χ4v) is 19.1. The Labute approximate surface area is 369 Å². The lowest BCUT2D eigenvalue weighted by atomic mass is 9.43. The van der Waals surface area contributed by atoms with Crippen molar-refractivity contribution >= 4 is 17.8 Å². The first kappa shape index (κ1) is 44.5. The minimum Gasteiger partial charge on any atom is -0.466 e. The number of hydrogen-bond donors (Lipinski definition) is 4. The quantitative estimate of drug-likeness (QED) is 0.180. The van der Waals surface area contributed by atoms with E-state index in [2.05, 4.69) is 52.2 Å². The molecule has 3 aliphatic heterocycles. The van der Waals surface area contributed by atoms with E-state index in [1.165, 1.54) is 51.4 Å². The lowest BCUT2D eigenvalue weighted by Crippen LogP contribution is -2.59. The summed E-state index contributed by atoms with van der Waals surface area (Å²) in [4.78, 5) is 39.8. The lowest BCUT2D eigenvalue weighted by molar-refractivity contribution is -0.167. The minimum absolute atomic E-state index is 0.0331. The average Bonchev–Trinajstić information content (AvgIpc) is 3.76. The summed E-state index contributed by atoms with van der Waals surface area (Å²) < 4.78 is 5.94. The van der Waals surface area contributed by atoms with E-state index in [0.29, 0.717) is 103 Å². The van der Waals surface area contributed by atoms with Gasteiger partial charge >= 0.3 is 5.97 Å². The molecule has 2 amide bonds. The van der Waals surface area contributed by atoms with E-state index in [-0.39, 0.29) is 63.7 Å². The van der Waals surface area contributed by atoms with E-state index in [0.717, 1.165) is 70.6 Å². The minimum atomic E-state index is -0.290. The molecule has 61 heavy (non-hydrogen) atoms. The number of aliphatic hydroxyl groups is 2. The second-order valence-electron chi connectivity index (χ2n) is 24.8. The van der Waals surface area contributed by atoms with Crippen molar-refractivity contribution in [3.05, 3.63) is 0 Å². The number of esters is 1. The third-order valence-electron chi connectivity index (χ3n) is 22.3. The van der Waals surface area contributed by atoms with Crippen LogP contribution in [-0.4, -0.2) is 58.9 Å². The van der Waals surface area contributed by atoms with Crippen LogP contribution in [0.2, 0.25) is 0 Å². The Hall–Kier alpha value is -1.67. The number of carbonyl (C=O) groups is 3. The van der Waals surface area contributed by atoms with E-state index in [1.807, 2.05) is 0 Å². The molecule has 0 aromatic heterocycles. The zero-order chi connectivity index (χ0) is 43.1. The first-order valence-corrected chi connectivity index (χ1v) is 26.2. The molecule has 3 saturated heterocycles. The molecule has 11 aliphatic rings. The number of carbonyl (C=O) groups excluding carboxylic acids is 3. The topological polar surface area (TPSA) is 125 Å². The average molecular weight is 847 g/mol. The first-order valence-electron chi connectivity index (χ1n) is 26.2. The molecule has 8 aliphatic carbocycles. The Morgan fingerprint density at radius 2 is 0.918 bits per heavy atom. The third-order valence-corrected chi connectivity index (χ3v) is 22.3. The van der Waals surface area contributed by atoms with Crippen molar-refractivity contribution in [1.82, 2.24) is 10.6 Å². The van der Waals surface area contributed by atoms with Crippen molar-refractivity contribution in [2.45, 2.75) is 214 Å². The second-order valence-corrected chi connectivity index (χ2v) is 24.8. The van der Waals surface area contributed by atoms with Crippen LogP contribution in [0.5, 0.6) is 0 Å². The molecule has 4 N–H and O–H groups in total. The highest BCUT2D eigenvalue weighted by Gasteiger charge is 2.65. The van der Waals surface area contributed by atoms with Crippen molar-refractivity contribution in [3.8, 4) is 0 Å². The van der Waals surface area contributed by atoms with Gasteiger partial charge in [0.15, 0.2) is 0 Å². The molecule has 11 rings (SSSR count). The van der Waals surface area contributed by atoms with Crippen molar-refractivity contribution in [3.63, 3.8) is 0 Å². The van der Waals surface area contributed by atoms with Crippen LogP contribution in [0.15, 0.2) is 0 Å². The second kappa shape index (κ2) is 17.0. The number of nitrogens with one attached hydrogen (secondary N) is 2. The van der Waals surface area contributed by atoms with Gasteiger partial charge in [0.25, 0.3) is 0 Å². The molecule has 11 fully saturated rings. The zero-order valence-electron chi connectivity index (χ0n) is 39.2. The monoisotopic (exact) mass is 847 g/mol. The maximum absolute atomic E-state index is 13.3. The zero-order valence-corrected chi connectivity index (χ0v) is 39.2. The Morgan fingerprint density at radius 3 is 1.41 bits per heavy atom. The summed E-state index contributed by atoms with van der Waals surface area (Å²) in [6, 6.07) is 0.288. The van der Waals surface area contributed by atoms with Gasteiger partial charge in [-0.15, -0.1) is 0 Å². The largest absolute Gasteiger partial charge is 0.466 e. The number of ether oxygens (including phenoxy) is 1. The summed E-state index contributed by atoms with van der Waals surface area (Å²) in [5.74, 6) is 6.05. The standard InChI is InChI=1S/C53H86N2O6/c1-31-9-8-26-61-47(60)17-12-32(2)38-14-16-40-49-42(21-25-53(38,40)6)51(4)23-19-36(28-34(51)30-44(49)57)55-46(59)11-7-10-45(58)54-35-18-22-50(3)33(27-35)29-43(56)48-39-15-13-37(31)52(39,5)24-20-41(48)50/h31-44,48-49,56-57H,7-30H2,1-6H3,(H,54,58)(H,55,59)/t31-,32+,33?,34?,35+,36-,37-,38+,39+,40-,41+,42-,43+,44-,48?,49?,50+,51-,52-,53+/m0/s1. The summed E-state index contributed by atoms with van der Waals surface area (Å²) in [6.07, 6.45) is 21.6. The fraction of sp³-hybridized carbons (Fsp3) is 0.943. The molecule has 4 unspecified atom stereocenters. The van der Waals surface area contributed by atoms with Gasteiger partial charge in [0, 0.05) is 31.3 Å². The van der Waals surface area contributed by atoms with Crippen molar-refractivity contribution < 1.29 is 29.3 Å². The number of fused-ring (bicyclic) bond motifs is 3. The third kappa shape index (κ3) is 7.77. The van der Waals surface area contributed by atoms with Crippen LogP contribution in [0.25, 0.3) is 0 Å². The van der Waals surface area contributed by atoms with Gasteiger partial charge < -0.3 is 25.6 Å². The van der Waals surface area contributed by atoms with Gasteiger partial charge in [-0.05, 0) is 221 Å².